The SMILES string of the molecule is CCNC1(C#N)CCCC1CCN(C)c1cccc(F)c1. The van der Waals surface area contributed by atoms with E-state index in [1.54, 1.807) is 12.1 Å². The molecule has 0 aromatic heterocycles. The van der Waals surface area contributed by atoms with E-state index in [0.29, 0.717) is 5.92 Å². The van der Waals surface area contributed by atoms with Crippen LogP contribution in [0.15, 0.2) is 24.3 Å². The van der Waals surface area contributed by atoms with E-state index in [4.69, 9.17) is 0 Å². The molecular formula is C17H24FN3. The van der Waals surface area contributed by atoms with Gasteiger partial charge in [0.25, 0.3) is 0 Å². The number of nitrogens with one attached hydrogen (secondary N) is 1. The Labute approximate surface area is 126 Å². The molecule has 1 saturated carbocycles. The van der Waals surface area contributed by atoms with Crippen LogP contribution in [0, 0.1) is 23.1 Å². The molecule has 3 nitrogen and oxygen atoms in total. The van der Waals surface area contributed by atoms with E-state index in [0.717, 1.165) is 44.5 Å². The van der Waals surface area contributed by atoms with Crippen molar-refractivity contribution in [1.29, 1.82) is 5.26 Å². The third kappa shape index (κ3) is 3.54. The molecule has 0 radical (unpaired) electrons. The van der Waals surface area contributed by atoms with Gasteiger partial charge in [0.2, 0.25) is 0 Å². The minimum Gasteiger partial charge on any atom is -0.375 e. The second-order valence-electron chi connectivity index (χ2n) is 5.89. The first-order chi connectivity index (χ1) is 10.1. The molecule has 0 heterocycles. The second kappa shape index (κ2) is 6.91. The fourth-order valence-corrected chi connectivity index (χ4v) is 3.40. The van der Waals surface area contributed by atoms with E-state index in [1.807, 2.05) is 20.0 Å². The highest BCUT2D eigenvalue weighted by molar-refractivity contribution is 5.45. The Morgan fingerprint density at radius 3 is 3.00 bits per heavy atom. The summed E-state index contributed by atoms with van der Waals surface area (Å²) < 4.78 is 13.3. The van der Waals surface area contributed by atoms with Crippen LogP contribution in [0.1, 0.15) is 32.6 Å². The zero-order valence-electron chi connectivity index (χ0n) is 12.9. The van der Waals surface area contributed by atoms with Crippen LogP contribution >= 0.6 is 0 Å². The first kappa shape index (κ1) is 15.8. The Bertz CT molecular complexity index is 511. The molecule has 1 aromatic rings. The molecule has 1 N–H and O–H groups in total. The fourth-order valence-electron chi connectivity index (χ4n) is 3.40. The van der Waals surface area contributed by atoms with Gasteiger partial charge in [0.1, 0.15) is 11.4 Å². The van der Waals surface area contributed by atoms with Crippen LogP contribution in [-0.4, -0.2) is 25.7 Å². The van der Waals surface area contributed by atoms with Crippen molar-refractivity contribution in [2.45, 2.75) is 38.1 Å². The van der Waals surface area contributed by atoms with Crippen molar-refractivity contribution < 1.29 is 4.39 Å². The molecule has 21 heavy (non-hydrogen) atoms. The molecular weight excluding hydrogens is 265 g/mol. The van der Waals surface area contributed by atoms with Crippen LogP contribution in [0.4, 0.5) is 10.1 Å². The predicted octanol–water partition coefficient (Wildman–Crippen LogP) is 3.32. The van der Waals surface area contributed by atoms with E-state index in [2.05, 4.69) is 16.3 Å². The lowest BCUT2D eigenvalue weighted by atomic mass is 9.85. The van der Waals surface area contributed by atoms with Crippen molar-refractivity contribution in [3.05, 3.63) is 30.1 Å². The maximum absolute atomic E-state index is 13.3. The molecule has 1 fully saturated rings. The number of hydrogen-bond donors (Lipinski definition) is 1. The highest BCUT2D eigenvalue weighted by Gasteiger charge is 2.42. The Hall–Kier alpha value is -1.60. The van der Waals surface area contributed by atoms with Crippen LogP contribution in [0.2, 0.25) is 0 Å². The molecule has 0 amide bonds. The Balaban J connectivity index is 1.97. The smallest absolute Gasteiger partial charge is 0.125 e. The monoisotopic (exact) mass is 289 g/mol. The maximum Gasteiger partial charge on any atom is 0.125 e. The summed E-state index contributed by atoms with van der Waals surface area (Å²) >= 11 is 0. The molecule has 0 bridgehead atoms. The molecule has 2 unspecified atom stereocenters. The minimum absolute atomic E-state index is 0.209. The van der Waals surface area contributed by atoms with Crippen LogP contribution < -0.4 is 10.2 Å². The lowest BCUT2D eigenvalue weighted by Gasteiger charge is -2.31. The number of rotatable bonds is 6. The van der Waals surface area contributed by atoms with Gasteiger partial charge in [-0.25, -0.2) is 4.39 Å². The van der Waals surface area contributed by atoms with Gasteiger partial charge in [-0.1, -0.05) is 19.4 Å². The standard InChI is InChI=1S/C17H24FN3/c1-3-20-17(13-19)10-5-6-14(17)9-11-21(2)16-8-4-7-15(18)12-16/h4,7-8,12,14,20H,3,5-6,9-11H2,1-2H3. The number of nitriles is 1. The van der Waals surface area contributed by atoms with E-state index < -0.39 is 0 Å². The molecule has 2 atom stereocenters. The number of hydrogen-bond acceptors (Lipinski definition) is 3. The normalized spacial score (nSPS) is 24.8. The molecule has 0 saturated heterocycles. The van der Waals surface area contributed by atoms with Gasteiger partial charge >= 0.3 is 0 Å². The van der Waals surface area contributed by atoms with Gasteiger partial charge in [0.15, 0.2) is 0 Å². The summed E-state index contributed by atoms with van der Waals surface area (Å²) in [6.07, 6.45) is 4.09. The Morgan fingerprint density at radius 2 is 2.33 bits per heavy atom. The van der Waals surface area contributed by atoms with E-state index in [9.17, 15) is 9.65 Å². The average Bonchev–Trinajstić information content (AvgIpc) is 2.88. The van der Waals surface area contributed by atoms with Gasteiger partial charge < -0.3 is 4.90 Å². The highest BCUT2D eigenvalue weighted by Crippen LogP contribution is 2.37. The van der Waals surface area contributed by atoms with Gasteiger partial charge in [0.05, 0.1) is 6.07 Å². The summed E-state index contributed by atoms with van der Waals surface area (Å²) in [4.78, 5) is 2.06. The van der Waals surface area contributed by atoms with Crippen molar-refractivity contribution in [2.75, 3.05) is 25.0 Å². The molecule has 0 aliphatic heterocycles. The number of anilines is 1. The van der Waals surface area contributed by atoms with Gasteiger partial charge in [-0.2, -0.15) is 5.26 Å². The summed E-state index contributed by atoms with van der Waals surface area (Å²) in [5, 5.41) is 13.0. The zero-order valence-corrected chi connectivity index (χ0v) is 12.9. The third-order valence-corrected chi connectivity index (χ3v) is 4.57. The number of benzene rings is 1. The molecule has 4 heteroatoms. The predicted molar refractivity (Wildman–Crippen MR) is 83.6 cm³/mol. The molecule has 2 rings (SSSR count). The third-order valence-electron chi connectivity index (χ3n) is 4.57. The first-order valence-corrected chi connectivity index (χ1v) is 7.74. The quantitative estimate of drug-likeness (QED) is 0.873. The van der Waals surface area contributed by atoms with E-state index >= 15 is 0 Å². The van der Waals surface area contributed by atoms with Gasteiger partial charge in [-0.3, -0.25) is 5.32 Å². The van der Waals surface area contributed by atoms with Gasteiger partial charge in [-0.15, -0.1) is 0 Å². The average molecular weight is 289 g/mol. The molecule has 1 aliphatic carbocycles. The second-order valence-corrected chi connectivity index (χ2v) is 5.89. The van der Waals surface area contributed by atoms with Crippen LogP contribution in [-0.2, 0) is 0 Å². The largest absolute Gasteiger partial charge is 0.375 e. The molecule has 0 spiro atoms. The van der Waals surface area contributed by atoms with Crippen LogP contribution in [0.25, 0.3) is 0 Å². The van der Waals surface area contributed by atoms with E-state index in [-0.39, 0.29) is 11.4 Å². The Morgan fingerprint density at radius 1 is 1.52 bits per heavy atom. The van der Waals surface area contributed by atoms with Crippen molar-refractivity contribution in [3.8, 4) is 6.07 Å². The highest BCUT2D eigenvalue weighted by atomic mass is 19.1. The summed E-state index contributed by atoms with van der Waals surface area (Å²) in [6.45, 7) is 3.71. The first-order valence-electron chi connectivity index (χ1n) is 7.74. The molecule has 1 aliphatic rings. The summed E-state index contributed by atoms with van der Waals surface area (Å²) in [5.41, 5.74) is 0.524. The number of nitrogens with zero attached hydrogens (tertiary/aromatic N) is 2. The fraction of sp³-hybridized carbons (Fsp3) is 0.588. The lowest BCUT2D eigenvalue weighted by Crippen LogP contribution is -2.47. The van der Waals surface area contributed by atoms with Crippen molar-refractivity contribution in [2.24, 2.45) is 5.92 Å². The van der Waals surface area contributed by atoms with E-state index in [1.165, 1.54) is 6.07 Å². The summed E-state index contributed by atoms with van der Waals surface area (Å²) in [6, 6.07) is 9.17. The molecule has 1 aromatic carbocycles. The summed E-state index contributed by atoms with van der Waals surface area (Å²) in [5.74, 6) is 0.165. The van der Waals surface area contributed by atoms with Crippen LogP contribution in [0.5, 0.6) is 0 Å². The minimum atomic E-state index is -0.364. The summed E-state index contributed by atoms with van der Waals surface area (Å²) in [7, 11) is 1.98. The lowest BCUT2D eigenvalue weighted by molar-refractivity contribution is 0.309. The zero-order chi connectivity index (χ0) is 15.3. The Kier molecular flexibility index (Phi) is 5.19. The van der Waals surface area contributed by atoms with Crippen molar-refractivity contribution in [1.82, 2.24) is 5.32 Å². The maximum atomic E-state index is 13.3. The molecule has 114 valence electrons. The van der Waals surface area contributed by atoms with Gasteiger partial charge in [0, 0.05) is 19.3 Å². The van der Waals surface area contributed by atoms with Crippen LogP contribution in [0.3, 0.4) is 0 Å². The van der Waals surface area contributed by atoms with Crippen molar-refractivity contribution in [3.63, 3.8) is 0 Å². The topological polar surface area (TPSA) is 39.1 Å². The van der Waals surface area contributed by atoms with Gasteiger partial charge in [-0.05, 0) is 49.9 Å². The number of halogens is 1. The van der Waals surface area contributed by atoms with Crippen molar-refractivity contribution >= 4 is 5.69 Å².